The monoisotopic (exact) mass is 305 g/mol. The molecule has 0 bridgehead atoms. The highest BCUT2D eigenvalue weighted by Crippen LogP contribution is 2.27. The molecule has 0 aliphatic rings. The number of phenols is 1. The summed E-state index contributed by atoms with van der Waals surface area (Å²) in [6.07, 6.45) is 0. The van der Waals surface area contributed by atoms with E-state index in [1.807, 2.05) is 24.3 Å². The molecule has 0 heterocycles. The Morgan fingerprint density at radius 2 is 1.95 bits per heavy atom. The second kappa shape index (κ2) is 7.34. The molecule has 0 aliphatic carbocycles. The molecule has 2 aromatic carbocycles. The van der Waals surface area contributed by atoms with Crippen LogP contribution in [0, 0.1) is 0 Å². The van der Waals surface area contributed by atoms with E-state index in [2.05, 4.69) is 19.2 Å². The number of hydrogen-bond acceptors (Lipinski definition) is 3. The Bertz CT molecular complexity index is 599. The molecule has 0 saturated carbocycles. The number of nitrogens with one attached hydrogen (secondary N) is 1. The van der Waals surface area contributed by atoms with Gasteiger partial charge in [-0.1, -0.05) is 43.6 Å². The van der Waals surface area contributed by atoms with Crippen LogP contribution in [0.25, 0.3) is 0 Å². The summed E-state index contributed by atoms with van der Waals surface area (Å²) in [5.41, 5.74) is 1.87. The Kier molecular flexibility index (Phi) is 5.48. The number of halogens is 1. The average molecular weight is 306 g/mol. The van der Waals surface area contributed by atoms with Gasteiger partial charge in [0.2, 0.25) is 0 Å². The molecule has 0 radical (unpaired) electrons. The van der Waals surface area contributed by atoms with Crippen molar-refractivity contribution in [3.63, 3.8) is 0 Å². The van der Waals surface area contributed by atoms with Gasteiger partial charge in [0.1, 0.15) is 18.1 Å². The minimum Gasteiger partial charge on any atom is -0.508 e. The fraction of sp³-hybridized carbons (Fsp3) is 0.294. The van der Waals surface area contributed by atoms with Gasteiger partial charge in [-0.05, 0) is 29.8 Å². The van der Waals surface area contributed by atoms with Crippen LogP contribution in [0.5, 0.6) is 11.5 Å². The van der Waals surface area contributed by atoms with Crippen LogP contribution in [0.4, 0.5) is 0 Å². The zero-order valence-electron chi connectivity index (χ0n) is 12.3. The van der Waals surface area contributed by atoms with Crippen LogP contribution in [0.2, 0.25) is 5.02 Å². The van der Waals surface area contributed by atoms with Crippen molar-refractivity contribution >= 4 is 11.6 Å². The summed E-state index contributed by atoms with van der Waals surface area (Å²) in [5.74, 6) is 1.00. The molecule has 0 unspecified atom stereocenters. The first-order chi connectivity index (χ1) is 10.1. The van der Waals surface area contributed by atoms with Gasteiger partial charge in [0.25, 0.3) is 0 Å². The van der Waals surface area contributed by atoms with E-state index in [1.165, 1.54) is 0 Å². The van der Waals surface area contributed by atoms with Crippen molar-refractivity contribution in [2.45, 2.75) is 33.0 Å². The van der Waals surface area contributed by atoms with Gasteiger partial charge in [0.05, 0.1) is 0 Å². The predicted octanol–water partition coefficient (Wildman–Crippen LogP) is 4.12. The molecule has 0 aliphatic heterocycles. The van der Waals surface area contributed by atoms with Crippen LogP contribution in [0.1, 0.15) is 25.0 Å². The van der Waals surface area contributed by atoms with Gasteiger partial charge in [-0.3, -0.25) is 0 Å². The largest absolute Gasteiger partial charge is 0.508 e. The Morgan fingerprint density at radius 3 is 2.67 bits per heavy atom. The highest BCUT2D eigenvalue weighted by atomic mass is 35.5. The van der Waals surface area contributed by atoms with E-state index in [9.17, 15) is 5.11 Å². The first-order valence-electron chi connectivity index (χ1n) is 6.97. The van der Waals surface area contributed by atoms with E-state index < -0.39 is 0 Å². The van der Waals surface area contributed by atoms with E-state index >= 15 is 0 Å². The Hall–Kier alpha value is -1.71. The summed E-state index contributed by atoms with van der Waals surface area (Å²) in [6.45, 7) is 5.23. The number of phenolic OH excluding ortho intramolecular Hbond substituents is 1. The molecule has 21 heavy (non-hydrogen) atoms. The van der Waals surface area contributed by atoms with Gasteiger partial charge in [0.15, 0.2) is 0 Å². The molecule has 0 atom stereocenters. The lowest BCUT2D eigenvalue weighted by atomic mass is 10.2. The van der Waals surface area contributed by atoms with E-state index in [-0.39, 0.29) is 5.75 Å². The molecule has 2 aromatic rings. The minimum absolute atomic E-state index is 0.240. The van der Waals surface area contributed by atoms with Gasteiger partial charge in [-0.2, -0.15) is 0 Å². The van der Waals surface area contributed by atoms with Crippen LogP contribution in [0.15, 0.2) is 42.5 Å². The van der Waals surface area contributed by atoms with Crippen molar-refractivity contribution in [1.82, 2.24) is 5.32 Å². The van der Waals surface area contributed by atoms with Gasteiger partial charge >= 0.3 is 0 Å². The summed E-state index contributed by atoms with van der Waals surface area (Å²) >= 11 is 6.26. The maximum absolute atomic E-state index is 9.47. The molecule has 2 N–H and O–H groups in total. The van der Waals surface area contributed by atoms with E-state index in [1.54, 1.807) is 18.2 Å². The predicted molar refractivity (Wildman–Crippen MR) is 85.9 cm³/mol. The molecule has 0 fully saturated rings. The van der Waals surface area contributed by atoms with Crippen LogP contribution in [-0.4, -0.2) is 11.1 Å². The SMILES string of the molecule is CC(C)NCc1c(Cl)cccc1OCc1cccc(O)c1. The van der Waals surface area contributed by atoms with Crippen molar-refractivity contribution in [3.8, 4) is 11.5 Å². The van der Waals surface area contributed by atoms with Crippen molar-refractivity contribution in [2.24, 2.45) is 0 Å². The smallest absolute Gasteiger partial charge is 0.125 e. The summed E-state index contributed by atoms with van der Waals surface area (Å²) in [7, 11) is 0. The normalized spacial score (nSPS) is 10.9. The zero-order chi connectivity index (χ0) is 15.2. The quantitative estimate of drug-likeness (QED) is 0.843. The topological polar surface area (TPSA) is 41.5 Å². The third-order valence-corrected chi connectivity index (χ3v) is 3.42. The lowest BCUT2D eigenvalue weighted by Gasteiger charge is -2.15. The van der Waals surface area contributed by atoms with Crippen molar-refractivity contribution in [3.05, 3.63) is 58.6 Å². The first-order valence-corrected chi connectivity index (χ1v) is 7.35. The van der Waals surface area contributed by atoms with Crippen LogP contribution >= 0.6 is 11.6 Å². The maximum atomic E-state index is 9.47. The third-order valence-electron chi connectivity index (χ3n) is 3.07. The highest BCUT2D eigenvalue weighted by Gasteiger charge is 2.09. The van der Waals surface area contributed by atoms with Gasteiger partial charge < -0.3 is 15.2 Å². The number of aromatic hydroxyl groups is 1. The van der Waals surface area contributed by atoms with E-state index in [0.717, 1.165) is 16.9 Å². The fourth-order valence-corrected chi connectivity index (χ4v) is 2.19. The Labute approximate surface area is 130 Å². The standard InChI is InChI=1S/C17H20ClNO2/c1-12(2)19-10-15-16(18)7-4-8-17(15)21-11-13-5-3-6-14(20)9-13/h3-9,12,19-20H,10-11H2,1-2H3. The van der Waals surface area contributed by atoms with Crippen molar-refractivity contribution in [2.75, 3.05) is 0 Å². The molecule has 0 aromatic heterocycles. The molecule has 0 saturated heterocycles. The molecular weight excluding hydrogens is 286 g/mol. The number of rotatable bonds is 6. The summed E-state index contributed by atoms with van der Waals surface area (Å²) < 4.78 is 5.86. The second-order valence-corrected chi connectivity index (χ2v) is 5.62. The van der Waals surface area contributed by atoms with E-state index in [0.29, 0.717) is 24.2 Å². The third kappa shape index (κ3) is 4.66. The molecule has 4 heteroatoms. The number of hydrogen-bond donors (Lipinski definition) is 2. The molecule has 3 nitrogen and oxygen atoms in total. The lowest BCUT2D eigenvalue weighted by Crippen LogP contribution is -2.22. The molecule has 0 spiro atoms. The average Bonchev–Trinajstić information content (AvgIpc) is 2.44. The molecule has 0 amide bonds. The molecule has 2 rings (SSSR count). The summed E-state index contributed by atoms with van der Waals surface area (Å²) in [5, 5.41) is 13.5. The van der Waals surface area contributed by atoms with Crippen LogP contribution in [0.3, 0.4) is 0 Å². The molecule has 112 valence electrons. The van der Waals surface area contributed by atoms with Crippen molar-refractivity contribution < 1.29 is 9.84 Å². The minimum atomic E-state index is 0.240. The number of ether oxygens (including phenoxy) is 1. The van der Waals surface area contributed by atoms with Crippen molar-refractivity contribution in [1.29, 1.82) is 0 Å². The zero-order valence-corrected chi connectivity index (χ0v) is 13.0. The van der Waals surface area contributed by atoms with Gasteiger partial charge in [-0.15, -0.1) is 0 Å². The Morgan fingerprint density at radius 1 is 1.19 bits per heavy atom. The highest BCUT2D eigenvalue weighted by molar-refractivity contribution is 6.31. The Balaban J connectivity index is 2.10. The van der Waals surface area contributed by atoms with Crippen LogP contribution < -0.4 is 10.1 Å². The van der Waals surface area contributed by atoms with Crippen LogP contribution in [-0.2, 0) is 13.2 Å². The van der Waals surface area contributed by atoms with Gasteiger partial charge in [0, 0.05) is 23.2 Å². The lowest BCUT2D eigenvalue weighted by molar-refractivity contribution is 0.301. The second-order valence-electron chi connectivity index (χ2n) is 5.21. The molecular formula is C17H20ClNO2. The fourth-order valence-electron chi connectivity index (χ4n) is 1.96. The summed E-state index contributed by atoms with van der Waals surface area (Å²) in [4.78, 5) is 0. The van der Waals surface area contributed by atoms with E-state index in [4.69, 9.17) is 16.3 Å². The first kappa shape index (κ1) is 15.7. The summed E-state index contributed by atoms with van der Waals surface area (Å²) in [6, 6.07) is 13.1. The maximum Gasteiger partial charge on any atom is 0.125 e. The number of benzene rings is 2. The van der Waals surface area contributed by atoms with Gasteiger partial charge in [-0.25, -0.2) is 0 Å².